The van der Waals surface area contributed by atoms with Gasteiger partial charge in [0.05, 0.1) is 0 Å². The van der Waals surface area contributed by atoms with E-state index in [2.05, 4.69) is 17.3 Å². The molecule has 1 aromatic rings. The Bertz CT molecular complexity index is 429. The molecule has 1 heterocycles. The Morgan fingerprint density at radius 2 is 2.11 bits per heavy atom. The highest BCUT2D eigenvalue weighted by Gasteiger charge is 2.32. The standard InChI is InChI=1S/C16H23FN2/c1-19-7-6-12(11-19)10-18-14-8-13(9-14)15-4-2-3-5-16(15)17/h2-5,12-14,18H,6-11H2,1H3. The van der Waals surface area contributed by atoms with Gasteiger partial charge in [-0.3, -0.25) is 0 Å². The van der Waals surface area contributed by atoms with Crippen LogP contribution < -0.4 is 5.32 Å². The van der Waals surface area contributed by atoms with E-state index in [-0.39, 0.29) is 5.82 Å². The van der Waals surface area contributed by atoms with Crippen LogP contribution in [0.1, 0.15) is 30.7 Å². The first-order valence-corrected chi connectivity index (χ1v) is 7.38. The van der Waals surface area contributed by atoms with Crippen LogP contribution >= 0.6 is 0 Å². The summed E-state index contributed by atoms with van der Waals surface area (Å²) in [5.41, 5.74) is 0.904. The summed E-state index contributed by atoms with van der Waals surface area (Å²) in [5.74, 6) is 1.19. The first kappa shape index (κ1) is 13.1. The number of likely N-dealkylation sites (tertiary alicyclic amines) is 1. The number of hydrogen-bond donors (Lipinski definition) is 1. The normalized spacial score (nSPS) is 31.4. The monoisotopic (exact) mass is 262 g/mol. The van der Waals surface area contributed by atoms with Crippen molar-refractivity contribution >= 4 is 0 Å². The lowest BCUT2D eigenvalue weighted by Crippen LogP contribution is -2.42. The zero-order valence-electron chi connectivity index (χ0n) is 11.6. The van der Waals surface area contributed by atoms with E-state index in [1.54, 1.807) is 12.1 Å². The van der Waals surface area contributed by atoms with Crippen LogP contribution in [-0.4, -0.2) is 37.6 Å². The summed E-state index contributed by atoms with van der Waals surface area (Å²) >= 11 is 0. The Labute approximate surface area is 115 Å². The van der Waals surface area contributed by atoms with Gasteiger partial charge in [-0.1, -0.05) is 18.2 Å². The van der Waals surface area contributed by atoms with Crippen LogP contribution in [0, 0.1) is 11.7 Å². The van der Waals surface area contributed by atoms with Crippen LogP contribution in [0.5, 0.6) is 0 Å². The van der Waals surface area contributed by atoms with Crippen LogP contribution in [0.25, 0.3) is 0 Å². The van der Waals surface area contributed by atoms with Crippen molar-refractivity contribution < 1.29 is 4.39 Å². The minimum absolute atomic E-state index is 0.0385. The Kier molecular flexibility index (Phi) is 3.85. The summed E-state index contributed by atoms with van der Waals surface area (Å²) in [7, 11) is 2.19. The second-order valence-corrected chi connectivity index (χ2v) is 6.21. The van der Waals surface area contributed by atoms with E-state index in [1.807, 2.05) is 12.1 Å². The van der Waals surface area contributed by atoms with Gasteiger partial charge in [0.25, 0.3) is 0 Å². The van der Waals surface area contributed by atoms with Crippen molar-refractivity contribution in [1.29, 1.82) is 0 Å². The van der Waals surface area contributed by atoms with Crippen molar-refractivity contribution in [2.75, 3.05) is 26.7 Å². The maximum absolute atomic E-state index is 13.6. The lowest BCUT2D eigenvalue weighted by Gasteiger charge is -2.37. The maximum atomic E-state index is 13.6. The molecule has 3 heteroatoms. The van der Waals surface area contributed by atoms with E-state index >= 15 is 0 Å². The minimum Gasteiger partial charge on any atom is -0.314 e. The maximum Gasteiger partial charge on any atom is 0.126 e. The van der Waals surface area contributed by atoms with Gasteiger partial charge in [0.15, 0.2) is 0 Å². The lowest BCUT2D eigenvalue weighted by molar-refractivity contribution is 0.270. The van der Waals surface area contributed by atoms with E-state index in [4.69, 9.17) is 0 Å². The Hall–Kier alpha value is -0.930. The average molecular weight is 262 g/mol. The number of rotatable bonds is 4. The zero-order valence-corrected chi connectivity index (χ0v) is 11.6. The van der Waals surface area contributed by atoms with Crippen molar-refractivity contribution in [3.05, 3.63) is 35.6 Å². The van der Waals surface area contributed by atoms with Gasteiger partial charge in [0.2, 0.25) is 0 Å². The predicted molar refractivity (Wildman–Crippen MR) is 75.8 cm³/mol. The SMILES string of the molecule is CN1CCC(CNC2CC(c3ccccc3F)C2)C1. The van der Waals surface area contributed by atoms with Crippen molar-refractivity contribution in [1.82, 2.24) is 10.2 Å². The summed E-state index contributed by atoms with van der Waals surface area (Å²) in [6.07, 6.45) is 3.49. The second kappa shape index (κ2) is 5.59. The molecule has 1 aliphatic carbocycles. The molecule has 1 aliphatic heterocycles. The Morgan fingerprint density at radius 1 is 1.32 bits per heavy atom. The van der Waals surface area contributed by atoms with E-state index in [9.17, 15) is 4.39 Å². The van der Waals surface area contributed by atoms with Crippen LogP contribution in [0.3, 0.4) is 0 Å². The van der Waals surface area contributed by atoms with Gasteiger partial charge in [-0.05, 0) is 62.9 Å². The molecule has 1 unspecified atom stereocenters. The number of hydrogen-bond acceptors (Lipinski definition) is 2. The van der Waals surface area contributed by atoms with Gasteiger partial charge in [0.1, 0.15) is 5.82 Å². The van der Waals surface area contributed by atoms with Crippen molar-refractivity contribution in [2.24, 2.45) is 5.92 Å². The third kappa shape index (κ3) is 2.98. The van der Waals surface area contributed by atoms with Gasteiger partial charge in [-0.25, -0.2) is 4.39 Å². The van der Waals surface area contributed by atoms with Crippen LogP contribution in [0.4, 0.5) is 4.39 Å². The van der Waals surface area contributed by atoms with Crippen LogP contribution in [-0.2, 0) is 0 Å². The minimum atomic E-state index is -0.0385. The second-order valence-electron chi connectivity index (χ2n) is 6.21. The molecule has 1 N–H and O–H groups in total. The highest BCUT2D eigenvalue weighted by molar-refractivity contribution is 5.24. The molecule has 104 valence electrons. The molecular formula is C16H23FN2. The van der Waals surface area contributed by atoms with E-state index in [1.165, 1.54) is 19.5 Å². The molecule has 0 bridgehead atoms. The fourth-order valence-electron chi connectivity index (χ4n) is 3.37. The first-order chi connectivity index (χ1) is 9.22. The smallest absolute Gasteiger partial charge is 0.126 e. The lowest BCUT2D eigenvalue weighted by atomic mass is 9.75. The molecule has 1 saturated carbocycles. The number of benzene rings is 1. The highest BCUT2D eigenvalue weighted by atomic mass is 19.1. The van der Waals surface area contributed by atoms with E-state index in [0.29, 0.717) is 12.0 Å². The van der Waals surface area contributed by atoms with Crippen LogP contribution in [0.15, 0.2) is 24.3 Å². The molecule has 19 heavy (non-hydrogen) atoms. The van der Waals surface area contributed by atoms with Crippen molar-refractivity contribution in [2.45, 2.75) is 31.2 Å². The van der Waals surface area contributed by atoms with Crippen molar-refractivity contribution in [3.63, 3.8) is 0 Å². The zero-order chi connectivity index (χ0) is 13.2. The van der Waals surface area contributed by atoms with Gasteiger partial charge in [-0.15, -0.1) is 0 Å². The summed E-state index contributed by atoms with van der Waals surface area (Å²) in [5, 5.41) is 3.65. The molecule has 0 radical (unpaired) electrons. The Morgan fingerprint density at radius 3 is 2.79 bits per heavy atom. The molecule has 0 amide bonds. The number of nitrogens with one attached hydrogen (secondary N) is 1. The third-order valence-corrected chi connectivity index (χ3v) is 4.67. The van der Waals surface area contributed by atoms with Gasteiger partial charge in [-0.2, -0.15) is 0 Å². The van der Waals surface area contributed by atoms with Crippen molar-refractivity contribution in [3.8, 4) is 0 Å². The quantitative estimate of drug-likeness (QED) is 0.897. The molecular weight excluding hydrogens is 239 g/mol. The van der Waals surface area contributed by atoms with Gasteiger partial charge >= 0.3 is 0 Å². The van der Waals surface area contributed by atoms with Gasteiger partial charge < -0.3 is 10.2 Å². The molecule has 1 atom stereocenters. The predicted octanol–water partition coefficient (Wildman–Crippen LogP) is 2.61. The van der Waals surface area contributed by atoms with E-state index in [0.717, 1.165) is 30.9 Å². The summed E-state index contributed by atoms with van der Waals surface area (Å²) in [4.78, 5) is 2.40. The largest absolute Gasteiger partial charge is 0.314 e. The summed E-state index contributed by atoms with van der Waals surface area (Å²) < 4.78 is 13.6. The molecule has 2 fully saturated rings. The molecule has 3 rings (SSSR count). The van der Waals surface area contributed by atoms with E-state index < -0.39 is 0 Å². The van der Waals surface area contributed by atoms with Crippen LogP contribution in [0.2, 0.25) is 0 Å². The molecule has 0 aromatic heterocycles. The molecule has 1 aromatic carbocycles. The summed E-state index contributed by atoms with van der Waals surface area (Å²) in [6.45, 7) is 3.57. The fraction of sp³-hybridized carbons (Fsp3) is 0.625. The topological polar surface area (TPSA) is 15.3 Å². The Balaban J connectivity index is 1.42. The number of nitrogens with zero attached hydrogens (tertiary/aromatic N) is 1. The molecule has 2 nitrogen and oxygen atoms in total. The fourth-order valence-corrected chi connectivity index (χ4v) is 3.37. The third-order valence-electron chi connectivity index (χ3n) is 4.67. The molecule has 2 aliphatic rings. The highest BCUT2D eigenvalue weighted by Crippen LogP contribution is 2.38. The average Bonchev–Trinajstić information content (AvgIpc) is 2.75. The number of halogens is 1. The molecule has 1 saturated heterocycles. The first-order valence-electron chi connectivity index (χ1n) is 7.38. The molecule has 0 spiro atoms. The summed E-state index contributed by atoms with van der Waals surface area (Å²) in [6, 6.07) is 7.81. The van der Waals surface area contributed by atoms with Gasteiger partial charge in [0, 0.05) is 12.6 Å².